The van der Waals surface area contributed by atoms with E-state index in [1.807, 2.05) is 0 Å². The van der Waals surface area contributed by atoms with Gasteiger partial charge < -0.3 is 0 Å². The molecule has 114 valence electrons. The van der Waals surface area contributed by atoms with Crippen LogP contribution in [0, 0.1) is 0 Å². The van der Waals surface area contributed by atoms with Gasteiger partial charge in [-0.15, -0.1) is 5.10 Å². The predicted octanol–water partition coefficient (Wildman–Crippen LogP) is 3.34. The summed E-state index contributed by atoms with van der Waals surface area (Å²) in [5.74, 6) is 5.79. The summed E-state index contributed by atoms with van der Waals surface area (Å²) in [6, 6.07) is 8.59. The first-order valence-electron chi connectivity index (χ1n) is 7.35. The minimum absolute atomic E-state index is 0.0411. The first kappa shape index (κ1) is 16.1. The van der Waals surface area contributed by atoms with E-state index in [2.05, 4.69) is 67.0 Å². The fourth-order valence-corrected chi connectivity index (χ4v) is 3.13. The normalized spacial score (nSPS) is 13.4. The maximum absolute atomic E-state index is 5.79. The fraction of sp³-hybridized carbons (Fsp3) is 0.500. The SMILES string of the molecule is CCCc1nnsc1C(NN)c1ccc(C(C)(C)C)cc1. The van der Waals surface area contributed by atoms with Gasteiger partial charge in [0, 0.05) is 0 Å². The Labute approximate surface area is 130 Å². The number of hydrogen-bond acceptors (Lipinski definition) is 5. The number of rotatable bonds is 5. The van der Waals surface area contributed by atoms with Crippen molar-refractivity contribution < 1.29 is 0 Å². The first-order chi connectivity index (χ1) is 9.97. The van der Waals surface area contributed by atoms with Crippen molar-refractivity contribution in [1.29, 1.82) is 0 Å². The Balaban J connectivity index is 2.31. The second-order valence-electron chi connectivity index (χ2n) is 6.31. The summed E-state index contributed by atoms with van der Waals surface area (Å²) in [4.78, 5) is 1.11. The Morgan fingerprint density at radius 2 is 1.90 bits per heavy atom. The third kappa shape index (κ3) is 3.67. The lowest BCUT2D eigenvalue weighted by molar-refractivity contribution is 0.588. The van der Waals surface area contributed by atoms with Gasteiger partial charge in [-0.05, 0) is 34.5 Å². The molecule has 2 rings (SSSR count). The summed E-state index contributed by atoms with van der Waals surface area (Å²) in [7, 11) is 0. The van der Waals surface area contributed by atoms with Gasteiger partial charge in [0.1, 0.15) is 0 Å². The van der Waals surface area contributed by atoms with E-state index in [-0.39, 0.29) is 11.5 Å². The largest absolute Gasteiger partial charge is 0.271 e. The highest BCUT2D eigenvalue weighted by Gasteiger charge is 2.20. The van der Waals surface area contributed by atoms with Gasteiger partial charge in [0.25, 0.3) is 0 Å². The number of nitrogens with zero attached hydrogens (tertiary/aromatic N) is 2. The van der Waals surface area contributed by atoms with Crippen LogP contribution in [0.15, 0.2) is 24.3 Å². The van der Waals surface area contributed by atoms with E-state index in [4.69, 9.17) is 5.84 Å². The number of nitrogens with one attached hydrogen (secondary N) is 1. The van der Waals surface area contributed by atoms with Crippen LogP contribution >= 0.6 is 11.5 Å². The number of benzene rings is 1. The molecule has 0 aliphatic rings. The van der Waals surface area contributed by atoms with Crippen molar-refractivity contribution in [3.63, 3.8) is 0 Å². The predicted molar refractivity (Wildman–Crippen MR) is 88.2 cm³/mol. The van der Waals surface area contributed by atoms with Crippen molar-refractivity contribution in [2.45, 2.75) is 52.0 Å². The van der Waals surface area contributed by atoms with E-state index in [0.717, 1.165) is 29.0 Å². The summed E-state index contributed by atoms with van der Waals surface area (Å²) < 4.78 is 4.09. The van der Waals surface area contributed by atoms with Crippen LogP contribution in [0.5, 0.6) is 0 Å². The highest BCUT2D eigenvalue weighted by atomic mass is 32.1. The van der Waals surface area contributed by atoms with Gasteiger partial charge >= 0.3 is 0 Å². The van der Waals surface area contributed by atoms with Gasteiger partial charge in [-0.25, -0.2) is 5.43 Å². The molecule has 3 N–H and O–H groups in total. The van der Waals surface area contributed by atoms with E-state index in [0.29, 0.717) is 0 Å². The molecule has 1 aromatic heterocycles. The van der Waals surface area contributed by atoms with Crippen molar-refractivity contribution in [3.05, 3.63) is 46.0 Å². The van der Waals surface area contributed by atoms with Crippen LogP contribution in [-0.2, 0) is 11.8 Å². The van der Waals surface area contributed by atoms with Gasteiger partial charge in [-0.1, -0.05) is 62.9 Å². The van der Waals surface area contributed by atoms with E-state index in [9.17, 15) is 0 Å². The summed E-state index contributed by atoms with van der Waals surface area (Å²) in [6.45, 7) is 8.79. The minimum Gasteiger partial charge on any atom is -0.271 e. The summed E-state index contributed by atoms with van der Waals surface area (Å²) in [5, 5.41) is 4.23. The van der Waals surface area contributed by atoms with Gasteiger partial charge in [-0.2, -0.15) is 0 Å². The number of aromatic nitrogens is 2. The Kier molecular flexibility index (Phi) is 5.08. The van der Waals surface area contributed by atoms with Gasteiger partial charge in [0.05, 0.1) is 16.6 Å². The van der Waals surface area contributed by atoms with Gasteiger partial charge in [0.2, 0.25) is 0 Å². The van der Waals surface area contributed by atoms with Gasteiger partial charge in [0.15, 0.2) is 0 Å². The van der Waals surface area contributed by atoms with E-state index in [1.54, 1.807) is 0 Å². The topological polar surface area (TPSA) is 63.8 Å². The number of nitrogens with two attached hydrogens (primary N) is 1. The number of aryl methyl sites for hydroxylation is 1. The van der Waals surface area contributed by atoms with E-state index >= 15 is 0 Å². The Hall–Kier alpha value is -1.30. The fourth-order valence-electron chi connectivity index (χ4n) is 2.34. The molecule has 0 saturated carbocycles. The van der Waals surface area contributed by atoms with Crippen LogP contribution in [0.4, 0.5) is 0 Å². The Morgan fingerprint density at radius 3 is 2.43 bits per heavy atom. The molecule has 0 aliphatic carbocycles. The standard InChI is InChI=1S/C16H24N4S/c1-5-6-13-15(21-20-19-13)14(18-17)11-7-9-12(10-8-11)16(2,3)4/h7-10,14,18H,5-6,17H2,1-4H3. The van der Waals surface area contributed by atoms with Crippen LogP contribution < -0.4 is 11.3 Å². The number of hydrogen-bond donors (Lipinski definition) is 2. The smallest absolute Gasteiger partial charge is 0.0837 e. The molecular weight excluding hydrogens is 280 g/mol. The lowest BCUT2D eigenvalue weighted by Gasteiger charge is -2.21. The maximum atomic E-state index is 5.79. The maximum Gasteiger partial charge on any atom is 0.0837 e. The zero-order chi connectivity index (χ0) is 15.5. The van der Waals surface area contributed by atoms with Crippen LogP contribution in [0.1, 0.15) is 61.9 Å². The summed E-state index contributed by atoms with van der Waals surface area (Å²) >= 11 is 1.42. The molecule has 21 heavy (non-hydrogen) atoms. The Bertz CT molecular complexity index is 569. The lowest BCUT2D eigenvalue weighted by atomic mass is 9.86. The molecule has 0 fully saturated rings. The van der Waals surface area contributed by atoms with Crippen LogP contribution in [0.3, 0.4) is 0 Å². The molecule has 1 aromatic carbocycles. The molecule has 0 bridgehead atoms. The van der Waals surface area contributed by atoms with E-state index in [1.165, 1.54) is 17.1 Å². The molecule has 2 aromatic rings. The van der Waals surface area contributed by atoms with Crippen molar-refractivity contribution >= 4 is 11.5 Å². The van der Waals surface area contributed by atoms with Crippen molar-refractivity contribution in [2.24, 2.45) is 5.84 Å². The third-order valence-corrected chi connectivity index (χ3v) is 4.44. The second-order valence-corrected chi connectivity index (χ2v) is 7.09. The lowest BCUT2D eigenvalue weighted by Crippen LogP contribution is -2.29. The molecule has 0 spiro atoms. The Morgan fingerprint density at radius 1 is 1.24 bits per heavy atom. The molecule has 1 unspecified atom stereocenters. The van der Waals surface area contributed by atoms with Crippen LogP contribution in [0.2, 0.25) is 0 Å². The minimum atomic E-state index is -0.0411. The molecule has 0 amide bonds. The van der Waals surface area contributed by atoms with Crippen molar-refractivity contribution in [2.75, 3.05) is 0 Å². The van der Waals surface area contributed by atoms with Crippen molar-refractivity contribution in [1.82, 2.24) is 15.0 Å². The highest BCUT2D eigenvalue weighted by Crippen LogP contribution is 2.29. The highest BCUT2D eigenvalue weighted by molar-refractivity contribution is 7.05. The molecule has 5 heteroatoms. The first-order valence-corrected chi connectivity index (χ1v) is 8.12. The third-order valence-electron chi connectivity index (χ3n) is 3.61. The summed E-state index contributed by atoms with van der Waals surface area (Å²) in [5.41, 5.74) is 6.58. The number of hydrazine groups is 1. The summed E-state index contributed by atoms with van der Waals surface area (Å²) in [6.07, 6.45) is 1.99. The van der Waals surface area contributed by atoms with Crippen LogP contribution in [-0.4, -0.2) is 9.59 Å². The molecule has 4 nitrogen and oxygen atoms in total. The van der Waals surface area contributed by atoms with Crippen molar-refractivity contribution in [3.8, 4) is 0 Å². The molecular formula is C16H24N4S. The molecule has 1 heterocycles. The average Bonchev–Trinajstić information content (AvgIpc) is 2.88. The zero-order valence-corrected chi connectivity index (χ0v) is 14.0. The molecule has 0 saturated heterocycles. The molecule has 0 aliphatic heterocycles. The average molecular weight is 304 g/mol. The van der Waals surface area contributed by atoms with Gasteiger partial charge in [-0.3, -0.25) is 5.84 Å². The second kappa shape index (κ2) is 6.64. The molecule has 1 atom stereocenters. The van der Waals surface area contributed by atoms with Crippen LogP contribution in [0.25, 0.3) is 0 Å². The molecule has 0 radical (unpaired) electrons. The monoisotopic (exact) mass is 304 g/mol. The van der Waals surface area contributed by atoms with E-state index < -0.39 is 0 Å². The zero-order valence-electron chi connectivity index (χ0n) is 13.2. The quantitative estimate of drug-likeness (QED) is 0.657.